The third kappa shape index (κ3) is 7.01. The molecular formula is C13H19NO4. The van der Waals surface area contributed by atoms with Gasteiger partial charge in [0, 0.05) is 0 Å². The highest BCUT2D eigenvalue weighted by Gasteiger charge is 2.04. The van der Waals surface area contributed by atoms with Crippen LogP contribution in [0.4, 0.5) is 0 Å². The minimum absolute atomic E-state index is 0.00218. The van der Waals surface area contributed by atoms with Crippen molar-refractivity contribution >= 4 is 5.97 Å². The molecule has 0 aliphatic rings. The van der Waals surface area contributed by atoms with Crippen LogP contribution < -0.4 is 5.73 Å². The van der Waals surface area contributed by atoms with Gasteiger partial charge < -0.3 is 20.3 Å². The molecule has 1 aromatic rings. The quantitative estimate of drug-likeness (QED) is 0.644. The third-order valence-corrected chi connectivity index (χ3v) is 2.07. The van der Waals surface area contributed by atoms with Gasteiger partial charge in [0.2, 0.25) is 0 Å². The molecule has 0 aliphatic carbocycles. The van der Waals surface area contributed by atoms with Crippen molar-refractivity contribution in [3.8, 4) is 0 Å². The predicted octanol–water partition coefficient (Wildman–Crippen LogP) is 1.02. The average Bonchev–Trinajstić information content (AvgIpc) is 2.42. The lowest BCUT2D eigenvalue weighted by Crippen LogP contribution is -2.31. The number of benzene rings is 1. The standard InChI is InChI=1S/C13H19NO4/c14-12(9-17-7-6-13(15)16)10-18-8-11-4-2-1-3-5-11/h1-5,12H,6-10,14H2,(H,15,16)/t12-/m0/s1/i10D2. The number of rotatable bonds is 9. The number of aliphatic carboxylic acids is 1. The molecule has 100 valence electrons. The SMILES string of the molecule is [2H]C([2H])(OCc1ccccc1)[C@@H](N)COCCC(=O)O. The van der Waals surface area contributed by atoms with Crippen molar-refractivity contribution in [2.75, 3.05) is 19.8 Å². The lowest BCUT2D eigenvalue weighted by atomic mass is 10.2. The third-order valence-electron chi connectivity index (χ3n) is 2.07. The van der Waals surface area contributed by atoms with Crippen LogP contribution in [0.1, 0.15) is 14.7 Å². The molecule has 1 rings (SSSR count). The molecular weight excluding hydrogens is 234 g/mol. The zero-order valence-corrected chi connectivity index (χ0v) is 10.0. The number of hydrogen-bond acceptors (Lipinski definition) is 4. The van der Waals surface area contributed by atoms with Gasteiger partial charge in [0.15, 0.2) is 0 Å². The molecule has 0 aromatic heterocycles. The molecule has 0 radical (unpaired) electrons. The van der Waals surface area contributed by atoms with Crippen LogP contribution in [0.3, 0.4) is 0 Å². The van der Waals surface area contributed by atoms with Crippen molar-refractivity contribution in [2.45, 2.75) is 19.1 Å². The molecule has 0 amide bonds. The van der Waals surface area contributed by atoms with E-state index >= 15 is 0 Å². The maximum absolute atomic E-state index is 10.3. The fraction of sp³-hybridized carbons (Fsp3) is 0.462. The molecule has 1 aromatic carbocycles. The van der Waals surface area contributed by atoms with Gasteiger partial charge in [-0.1, -0.05) is 30.3 Å². The molecule has 5 nitrogen and oxygen atoms in total. The summed E-state index contributed by atoms with van der Waals surface area (Å²) in [6, 6.07) is 8.20. The summed E-state index contributed by atoms with van der Waals surface area (Å²) in [5.41, 5.74) is 6.50. The summed E-state index contributed by atoms with van der Waals surface area (Å²) < 4.78 is 25.6. The zero-order chi connectivity index (χ0) is 15.0. The van der Waals surface area contributed by atoms with Gasteiger partial charge in [-0.25, -0.2) is 0 Å². The van der Waals surface area contributed by atoms with Crippen LogP contribution in [-0.2, 0) is 20.9 Å². The molecule has 1 atom stereocenters. The van der Waals surface area contributed by atoms with E-state index in [1.165, 1.54) is 0 Å². The van der Waals surface area contributed by atoms with Crippen LogP contribution in [0.25, 0.3) is 0 Å². The average molecular weight is 255 g/mol. The van der Waals surface area contributed by atoms with E-state index in [0.717, 1.165) is 5.56 Å². The normalized spacial score (nSPS) is 14.7. The minimum atomic E-state index is -2.04. The molecule has 0 saturated heterocycles. The fourth-order valence-corrected chi connectivity index (χ4v) is 1.21. The van der Waals surface area contributed by atoms with Crippen LogP contribution in [0, 0.1) is 0 Å². The molecule has 0 bridgehead atoms. The number of carboxylic acids is 1. The van der Waals surface area contributed by atoms with E-state index in [2.05, 4.69) is 0 Å². The molecule has 5 heteroatoms. The van der Waals surface area contributed by atoms with Gasteiger partial charge in [0.25, 0.3) is 0 Å². The van der Waals surface area contributed by atoms with E-state index in [4.69, 9.17) is 23.1 Å². The molecule has 0 saturated carbocycles. The Morgan fingerprint density at radius 1 is 1.39 bits per heavy atom. The van der Waals surface area contributed by atoms with Gasteiger partial charge in [0.05, 0.1) is 41.6 Å². The van der Waals surface area contributed by atoms with Crippen molar-refractivity contribution in [3.05, 3.63) is 35.9 Å². The van der Waals surface area contributed by atoms with Crippen molar-refractivity contribution in [2.24, 2.45) is 5.73 Å². The Morgan fingerprint density at radius 2 is 2.11 bits per heavy atom. The molecule has 0 spiro atoms. The monoisotopic (exact) mass is 255 g/mol. The smallest absolute Gasteiger partial charge is 0.305 e. The first-order valence-electron chi connectivity index (χ1n) is 6.65. The second kappa shape index (κ2) is 8.63. The Balaban J connectivity index is 2.33. The highest BCUT2D eigenvalue weighted by molar-refractivity contribution is 5.66. The summed E-state index contributed by atoms with van der Waals surface area (Å²) in [5, 5.41) is 8.44. The van der Waals surface area contributed by atoms with Crippen LogP contribution in [-0.4, -0.2) is 36.9 Å². The van der Waals surface area contributed by atoms with Crippen molar-refractivity contribution < 1.29 is 22.1 Å². The van der Waals surface area contributed by atoms with E-state index in [1.54, 1.807) is 0 Å². The van der Waals surface area contributed by atoms with Crippen molar-refractivity contribution in [1.29, 1.82) is 0 Å². The fourth-order valence-electron chi connectivity index (χ4n) is 1.21. The number of hydrogen-bond donors (Lipinski definition) is 2. The maximum atomic E-state index is 10.3. The molecule has 0 fully saturated rings. The summed E-state index contributed by atoms with van der Waals surface area (Å²) in [7, 11) is 0. The molecule has 0 aliphatic heterocycles. The predicted molar refractivity (Wildman–Crippen MR) is 67.1 cm³/mol. The first-order chi connectivity index (χ1) is 9.42. The molecule has 0 unspecified atom stereocenters. The number of nitrogens with two attached hydrogens (primary N) is 1. The minimum Gasteiger partial charge on any atom is -0.481 e. The number of ether oxygens (including phenoxy) is 2. The second-order valence-electron chi connectivity index (χ2n) is 3.72. The Bertz CT molecular complexity index is 414. The van der Waals surface area contributed by atoms with Gasteiger partial charge in [-0.3, -0.25) is 4.79 Å². The highest BCUT2D eigenvalue weighted by atomic mass is 16.5. The van der Waals surface area contributed by atoms with Crippen LogP contribution in [0.5, 0.6) is 0 Å². The molecule has 0 heterocycles. The lowest BCUT2D eigenvalue weighted by Gasteiger charge is -2.12. The van der Waals surface area contributed by atoms with Crippen LogP contribution in [0.2, 0.25) is 0 Å². The topological polar surface area (TPSA) is 81.8 Å². The molecule has 18 heavy (non-hydrogen) atoms. The van der Waals surface area contributed by atoms with E-state index < -0.39 is 18.6 Å². The summed E-state index contributed by atoms with van der Waals surface area (Å²) in [6.45, 7) is -2.04. The number of carboxylic acid groups (broad SMARTS) is 1. The Labute approximate surface area is 109 Å². The van der Waals surface area contributed by atoms with Gasteiger partial charge in [-0.2, -0.15) is 0 Å². The summed E-state index contributed by atoms with van der Waals surface area (Å²) in [5.74, 6) is -0.970. The van der Waals surface area contributed by atoms with E-state index in [0.29, 0.717) is 0 Å². The highest BCUT2D eigenvalue weighted by Crippen LogP contribution is 2.00. The Hall–Kier alpha value is -1.43. The maximum Gasteiger partial charge on any atom is 0.305 e. The zero-order valence-electron chi connectivity index (χ0n) is 12.0. The van der Waals surface area contributed by atoms with Crippen molar-refractivity contribution in [1.82, 2.24) is 0 Å². The Kier molecular flexibility index (Phi) is 5.59. The van der Waals surface area contributed by atoms with Gasteiger partial charge in [0.1, 0.15) is 0 Å². The van der Waals surface area contributed by atoms with E-state index in [-0.39, 0.29) is 26.2 Å². The van der Waals surface area contributed by atoms with Crippen LogP contribution in [0.15, 0.2) is 30.3 Å². The van der Waals surface area contributed by atoms with Gasteiger partial charge >= 0.3 is 5.97 Å². The summed E-state index contributed by atoms with van der Waals surface area (Å²) in [4.78, 5) is 10.3. The van der Waals surface area contributed by atoms with E-state index in [9.17, 15) is 4.79 Å². The number of carbonyl (C=O) groups is 1. The second-order valence-corrected chi connectivity index (χ2v) is 3.72. The van der Waals surface area contributed by atoms with Gasteiger partial charge in [-0.05, 0) is 5.56 Å². The van der Waals surface area contributed by atoms with Crippen molar-refractivity contribution in [3.63, 3.8) is 0 Å². The summed E-state index contributed by atoms with van der Waals surface area (Å²) in [6.07, 6.45) is -0.138. The lowest BCUT2D eigenvalue weighted by molar-refractivity contribution is -0.138. The van der Waals surface area contributed by atoms with Crippen LogP contribution >= 0.6 is 0 Å². The van der Waals surface area contributed by atoms with Gasteiger partial charge in [-0.15, -0.1) is 0 Å². The first-order valence-corrected chi connectivity index (χ1v) is 5.65. The summed E-state index contributed by atoms with van der Waals surface area (Å²) >= 11 is 0. The van der Waals surface area contributed by atoms with E-state index in [1.807, 2.05) is 30.3 Å². The first kappa shape index (κ1) is 11.6. The largest absolute Gasteiger partial charge is 0.481 e. The Morgan fingerprint density at radius 3 is 2.78 bits per heavy atom. The molecule has 3 N–H and O–H groups in total.